The van der Waals surface area contributed by atoms with Crippen molar-refractivity contribution in [2.24, 2.45) is 5.41 Å². The first kappa shape index (κ1) is 22.1. The third-order valence-electron chi connectivity index (χ3n) is 5.45. The molecular weight excluding hydrogens is 352 g/mol. The summed E-state index contributed by atoms with van der Waals surface area (Å²) in [4.78, 5) is 28.4. The summed E-state index contributed by atoms with van der Waals surface area (Å²) in [5, 5.41) is 0. The summed E-state index contributed by atoms with van der Waals surface area (Å²) in [6, 6.07) is -0.479. The minimum Gasteiger partial charge on any atom is -0.444 e. The number of carbonyl (C=O) groups is 2. The minimum atomic E-state index is -0.579. The number of terminal acetylenes is 1. The van der Waals surface area contributed by atoms with Crippen LogP contribution in [0.2, 0.25) is 0 Å². The van der Waals surface area contributed by atoms with Crippen molar-refractivity contribution in [2.75, 3.05) is 19.6 Å². The van der Waals surface area contributed by atoms with E-state index in [0.29, 0.717) is 19.6 Å². The van der Waals surface area contributed by atoms with E-state index < -0.39 is 17.7 Å². The summed E-state index contributed by atoms with van der Waals surface area (Å²) >= 11 is 0. The van der Waals surface area contributed by atoms with Crippen LogP contribution in [0.1, 0.15) is 60.8 Å². The van der Waals surface area contributed by atoms with Crippen molar-refractivity contribution >= 4 is 12.0 Å². The molecule has 0 saturated carbocycles. The van der Waals surface area contributed by atoms with Crippen molar-refractivity contribution < 1.29 is 14.3 Å². The molecule has 1 aliphatic heterocycles. The number of ether oxygens (including phenoxy) is 1. The summed E-state index contributed by atoms with van der Waals surface area (Å²) in [5.41, 5.74) is 2.13. The molecule has 1 saturated heterocycles. The number of carbonyl (C=O) groups excluding carboxylic acids is 2. The molecule has 0 aromatic carbocycles. The molecule has 5 nitrogen and oxygen atoms in total. The van der Waals surface area contributed by atoms with Gasteiger partial charge in [-0.2, -0.15) is 0 Å². The first-order valence-electron chi connectivity index (χ1n) is 10.1. The van der Waals surface area contributed by atoms with Gasteiger partial charge in [0.15, 0.2) is 0 Å². The van der Waals surface area contributed by atoms with Gasteiger partial charge in [-0.25, -0.2) is 4.79 Å². The molecule has 28 heavy (non-hydrogen) atoms. The molecule has 0 N–H and O–H groups in total. The number of amides is 2. The van der Waals surface area contributed by atoms with Gasteiger partial charge in [0.05, 0.1) is 6.54 Å². The molecule has 1 unspecified atom stereocenters. The second kappa shape index (κ2) is 8.43. The third-order valence-corrected chi connectivity index (χ3v) is 5.45. The molecular formula is C23H34N2O3. The Morgan fingerprint density at radius 2 is 1.96 bits per heavy atom. The SMILES string of the molecule is C#CC1CN(C(=O)/C=C/C2=C(C)CCCC2(C)C)CCN1C(=O)OC(C)(C)C. The zero-order valence-corrected chi connectivity index (χ0v) is 18.2. The largest absolute Gasteiger partial charge is 0.444 e. The maximum atomic E-state index is 12.7. The topological polar surface area (TPSA) is 49.9 Å². The quantitative estimate of drug-likeness (QED) is 0.529. The van der Waals surface area contributed by atoms with Crippen LogP contribution >= 0.6 is 0 Å². The Kier molecular flexibility index (Phi) is 6.64. The minimum absolute atomic E-state index is 0.0641. The van der Waals surface area contributed by atoms with Crippen LogP contribution in [-0.4, -0.2) is 53.1 Å². The highest BCUT2D eigenvalue weighted by molar-refractivity contribution is 5.88. The van der Waals surface area contributed by atoms with E-state index in [2.05, 4.69) is 26.7 Å². The van der Waals surface area contributed by atoms with Gasteiger partial charge in [0.1, 0.15) is 11.6 Å². The van der Waals surface area contributed by atoms with Crippen molar-refractivity contribution in [1.29, 1.82) is 0 Å². The number of nitrogens with zero attached hydrogens (tertiary/aromatic N) is 2. The van der Waals surface area contributed by atoms with Crippen molar-refractivity contribution in [3.8, 4) is 12.3 Å². The van der Waals surface area contributed by atoms with Gasteiger partial charge in [-0.3, -0.25) is 9.69 Å². The Labute approximate surface area is 169 Å². The lowest BCUT2D eigenvalue weighted by molar-refractivity contribution is -0.128. The maximum absolute atomic E-state index is 12.7. The highest BCUT2D eigenvalue weighted by Crippen LogP contribution is 2.40. The second-order valence-electron chi connectivity index (χ2n) is 9.41. The summed E-state index contributed by atoms with van der Waals surface area (Å²) < 4.78 is 5.43. The van der Waals surface area contributed by atoms with Gasteiger partial charge in [0.25, 0.3) is 0 Å². The first-order chi connectivity index (χ1) is 12.9. The van der Waals surface area contributed by atoms with E-state index in [1.807, 2.05) is 26.8 Å². The molecule has 2 rings (SSSR count). The average molecular weight is 387 g/mol. The van der Waals surface area contributed by atoms with Gasteiger partial charge in [0, 0.05) is 19.2 Å². The van der Waals surface area contributed by atoms with Gasteiger partial charge in [-0.05, 0) is 57.9 Å². The van der Waals surface area contributed by atoms with Gasteiger partial charge < -0.3 is 9.64 Å². The molecule has 1 heterocycles. The fourth-order valence-electron chi connectivity index (χ4n) is 3.94. The number of piperazine rings is 1. The smallest absolute Gasteiger partial charge is 0.411 e. The average Bonchev–Trinajstić information content (AvgIpc) is 2.58. The molecule has 0 bridgehead atoms. The van der Waals surface area contributed by atoms with Crippen LogP contribution in [0.4, 0.5) is 4.79 Å². The molecule has 1 atom stereocenters. The Hall–Kier alpha value is -2.22. The summed E-state index contributed by atoms with van der Waals surface area (Å²) in [6.45, 7) is 13.2. The number of hydrogen-bond acceptors (Lipinski definition) is 3. The van der Waals surface area contributed by atoms with E-state index in [4.69, 9.17) is 11.2 Å². The monoisotopic (exact) mass is 386 g/mol. The standard InChI is InChI=1S/C23H34N2O3/c1-8-18-16-24(14-15-25(18)21(27)28-22(3,4)5)20(26)12-11-19-17(2)10-9-13-23(19,6)7/h1,11-12,18H,9-10,13-16H2,2-7H3/b12-11+. The highest BCUT2D eigenvalue weighted by Gasteiger charge is 2.34. The van der Waals surface area contributed by atoms with E-state index in [0.717, 1.165) is 12.8 Å². The predicted octanol–water partition coefficient (Wildman–Crippen LogP) is 4.15. The van der Waals surface area contributed by atoms with Crippen LogP contribution in [0.3, 0.4) is 0 Å². The van der Waals surface area contributed by atoms with Crippen LogP contribution in [0.25, 0.3) is 0 Å². The number of hydrogen-bond donors (Lipinski definition) is 0. The van der Waals surface area contributed by atoms with Crippen LogP contribution in [0, 0.1) is 17.8 Å². The molecule has 0 aromatic rings. The van der Waals surface area contributed by atoms with Crippen molar-refractivity contribution in [1.82, 2.24) is 9.80 Å². The summed E-state index contributed by atoms with van der Waals surface area (Å²) in [7, 11) is 0. The summed E-state index contributed by atoms with van der Waals surface area (Å²) in [6.07, 6.45) is 12.3. The van der Waals surface area contributed by atoms with Crippen molar-refractivity contribution in [3.63, 3.8) is 0 Å². The Morgan fingerprint density at radius 1 is 1.29 bits per heavy atom. The van der Waals surface area contributed by atoms with Gasteiger partial charge in [0.2, 0.25) is 5.91 Å². The molecule has 0 radical (unpaired) electrons. The highest BCUT2D eigenvalue weighted by atomic mass is 16.6. The van der Waals surface area contributed by atoms with E-state index in [9.17, 15) is 9.59 Å². The fourth-order valence-corrected chi connectivity index (χ4v) is 3.94. The van der Waals surface area contributed by atoms with E-state index in [-0.39, 0.29) is 11.3 Å². The van der Waals surface area contributed by atoms with Gasteiger partial charge in [-0.1, -0.05) is 31.4 Å². The van der Waals surface area contributed by atoms with Crippen LogP contribution in [0.5, 0.6) is 0 Å². The lowest BCUT2D eigenvalue weighted by Gasteiger charge is -2.39. The number of allylic oxidation sites excluding steroid dienone is 3. The summed E-state index contributed by atoms with van der Waals surface area (Å²) in [5.74, 6) is 2.56. The van der Waals surface area contributed by atoms with Crippen molar-refractivity contribution in [3.05, 3.63) is 23.3 Å². The molecule has 1 aliphatic carbocycles. The molecule has 5 heteroatoms. The van der Waals surface area contributed by atoms with Gasteiger partial charge >= 0.3 is 6.09 Å². The fraction of sp³-hybridized carbons (Fsp3) is 0.652. The second-order valence-corrected chi connectivity index (χ2v) is 9.41. The third kappa shape index (κ3) is 5.41. The molecule has 1 fully saturated rings. The first-order valence-corrected chi connectivity index (χ1v) is 10.1. The van der Waals surface area contributed by atoms with Crippen LogP contribution < -0.4 is 0 Å². The van der Waals surface area contributed by atoms with Crippen molar-refractivity contribution in [2.45, 2.75) is 72.4 Å². The Balaban J connectivity index is 2.05. The predicted molar refractivity (Wildman–Crippen MR) is 112 cm³/mol. The van der Waals surface area contributed by atoms with Gasteiger partial charge in [-0.15, -0.1) is 6.42 Å². The zero-order valence-electron chi connectivity index (χ0n) is 18.2. The van der Waals surface area contributed by atoms with E-state index in [1.165, 1.54) is 22.5 Å². The van der Waals surface area contributed by atoms with Crippen LogP contribution in [-0.2, 0) is 9.53 Å². The lowest BCUT2D eigenvalue weighted by atomic mass is 9.72. The molecule has 2 amide bonds. The van der Waals surface area contributed by atoms with Crippen LogP contribution in [0.15, 0.2) is 23.3 Å². The lowest BCUT2D eigenvalue weighted by Crippen LogP contribution is -2.56. The molecule has 2 aliphatic rings. The Morgan fingerprint density at radius 3 is 2.54 bits per heavy atom. The zero-order chi connectivity index (χ0) is 21.1. The van der Waals surface area contributed by atoms with E-state index in [1.54, 1.807) is 11.0 Å². The molecule has 0 aromatic heterocycles. The maximum Gasteiger partial charge on any atom is 0.411 e. The molecule has 154 valence electrons. The molecule has 0 spiro atoms. The normalized spacial score (nSPS) is 23.0. The van der Waals surface area contributed by atoms with E-state index >= 15 is 0 Å². The Bertz CT molecular complexity index is 719. The number of rotatable bonds is 2.